The molecule has 0 spiro atoms. The van der Waals surface area contributed by atoms with E-state index in [4.69, 9.17) is 0 Å². The Kier molecular flexibility index (Phi) is 4.58. The fourth-order valence-electron chi connectivity index (χ4n) is 3.62. The molecule has 2 aliphatic rings. The summed E-state index contributed by atoms with van der Waals surface area (Å²) in [6.45, 7) is 6.00. The van der Waals surface area contributed by atoms with Gasteiger partial charge >= 0.3 is 0 Å². The predicted molar refractivity (Wildman–Crippen MR) is 81.9 cm³/mol. The molecule has 0 saturated carbocycles. The van der Waals surface area contributed by atoms with Gasteiger partial charge in [-0.25, -0.2) is 4.98 Å². The monoisotopic (exact) mass is 290 g/mol. The first kappa shape index (κ1) is 14.6. The van der Waals surface area contributed by atoms with Gasteiger partial charge in [-0.1, -0.05) is 13.3 Å². The van der Waals surface area contributed by atoms with Gasteiger partial charge in [-0.15, -0.1) is 0 Å². The minimum atomic E-state index is 0.0920. The van der Waals surface area contributed by atoms with E-state index in [1.165, 1.54) is 12.8 Å². The van der Waals surface area contributed by atoms with E-state index in [9.17, 15) is 4.79 Å². The third kappa shape index (κ3) is 3.28. The number of nitrogens with zero attached hydrogens (tertiary/aromatic N) is 3. The lowest BCUT2D eigenvalue weighted by Crippen LogP contribution is -2.50. The van der Waals surface area contributed by atoms with Crippen LogP contribution in [0.15, 0.2) is 12.4 Å². The maximum absolute atomic E-state index is 12.4. The number of nitrogens with one attached hydrogen (secondary N) is 1. The Bertz CT molecular complexity index is 484. The van der Waals surface area contributed by atoms with Crippen LogP contribution >= 0.6 is 0 Å². The quantitative estimate of drug-likeness (QED) is 0.913. The van der Waals surface area contributed by atoms with Crippen LogP contribution in [-0.2, 0) is 17.8 Å². The van der Waals surface area contributed by atoms with Crippen molar-refractivity contribution < 1.29 is 4.79 Å². The maximum Gasteiger partial charge on any atom is 0.237 e. The normalized spacial score (nSPS) is 26.3. The van der Waals surface area contributed by atoms with Crippen LogP contribution in [0.25, 0.3) is 0 Å². The van der Waals surface area contributed by atoms with Gasteiger partial charge in [-0.3, -0.25) is 9.69 Å². The summed E-state index contributed by atoms with van der Waals surface area (Å²) in [5.74, 6) is 1.92. The number of aromatic nitrogens is 2. The molecule has 116 valence electrons. The van der Waals surface area contributed by atoms with Gasteiger partial charge < -0.3 is 9.88 Å². The van der Waals surface area contributed by atoms with Crippen LogP contribution in [0.2, 0.25) is 0 Å². The van der Waals surface area contributed by atoms with E-state index >= 15 is 0 Å². The van der Waals surface area contributed by atoms with E-state index < -0.39 is 0 Å². The van der Waals surface area contributed by atoms with Gasteiger partial charge in [0.25, 0.3) is 0 Å². The van der Waals surface area contributed by atoms with Gasteiger partial charge in [-0.2, -0.15) is 0 Å². The predicted octanol–water partition coefficient (Wildman–Crippen LogP) is 1.44. The highest BCUT2D eigenvalue weighted by molar-refractivity contribution is 5.81. The molecule has 0 radical (unpaired) electrons. The van der Waals surface area contributed by atoms with Crippen molar-refractivity contribution in [1.29, 1.82) is 0 Å². The second-order valence-electron chi connectivity index (χ2n) is 6.28. The average Bonchev–Trinajstić information content (AvgIpc) is 3.00. The molecule has 1 saturated heterocycles. The molecule has 5 nitrogen and oxygen atoms in total. The summed E-state index contributed by atoms with van der Waals surface area (Å²) in [6.07, 6.45) is 9.44. The number of imidazole rings is 1. The first-order valence-electron chi connectivity index (χ1n) is 8.29. The zero-order valence-corrected chi connectivity index (χ0v) is 12.9. The molecule has 1 aromatic rings. The van der Waals surface area contributed by atoms with Gasteiger partial charge in [0.2, 0.25) is 5.91 Å². The fraction of sp³-hybridized carbons (Fsp3) is 0.750. The van der Waals surface area contributed by atoms with E-state index in [1.54, 1.807) is 0 Å². The smallest absolute Gasteiger partial charge is 0.237 e. The average molecular weight is 290 g/mol. The number of rotatable bonds is 4. The lowest BCUT2D eigenvalue weighted by Gasteiger charge is -2.34. The molecule has 2 unspecified atom stereocenters. The van der Waals surface area contributed by atoms with Gasteiger partial charge in [0.05, 0.1) is 6.04 Å². The Morgan fingerprint density at radius 2 is 2.29 bits per heavy atom. The Hall–Kier alpha value is -1.36. The van der Waals surface area contributed by atoms with Crippen LogP contribution in [0.5, 0.6) is 0 Å². The molecule has 3 rings (SSSR count). The molecular formula is C16H26N4O. The molecule has 1 aromatic heterocycles. The highest BCUT2D eigenvalue weighted by Gasteiger charge is 2.28. The van der Waals surface area contributed by atoms with Crippen molar-refractivity contribution >= 4 is 5.91 Å². The molecule has 3 heterocycles. The first-order valence-corrected chi connectivity index (χ1v) is 8.29. The van der Waals surface area contributed by atoms with Crippen LogP contribution in [0.4, 0.5) is 0 Å². The van der Waals surface area contributed by atoms with E-state index in [2.05, 4.69) is 26.7 Å². The second kappa shape index (κ2) is 6.60. The van der Waals surface area contributed by atoms with Crippen molar-refractivity contribution in [2.75, 3.05) is 19.6 Å². The molecule has 1 N–H and O–H groups in total. The van der Waals surface area contributed by atoms with E-state index in [1.807, 2.05) is 12.4 Å². The van der Waals surface area contributed by atoms with Crippen molar-refractivity contribution in [3.8, 4) is 0 Å². The second-order valence-corrected chi connectivity index (χ2v) is 6.28. The summed E-state index contributed by atoms with van der Waals surface area (Å²) in [6, 6.07) is 0.0920. The fourth-order valence-corrected chi connectivity index (χ4v) is 3.62. The van der Waals surface area contributed by atoms with Crippen molar-refractivity contribution in [2.45, 2.75) is 51.6 Å². The number of piperidine rings is 1. The molecule has 0 aromatic carbocycles. The minimum Gasteiger partial charge on any atom is -0.354 e. The third-order valence-electron chi connectivity index (χ3n) is 4.94. The van der Waals surface area contributed by atoms with Crippen LogP contribution in [0, 0.1) is 5.92 Å². The minimum absolute atomic E-state index is 0.0920. The van der Waals surface area contributed by atoms with Gasteiger partial charge in [-0.05, 0) is 38.3 Å². The molecular weight excluding hydrogens is 264 g/mol. The Morgan fingerprint density at radius 3 is 3.14 bits per heavy atom. The summed E-state index contributed by atoms with van der Waals surface area (Å²) in [4.78, 5) is 19.1. The summed E-state index contributed by atoms with van der Waals surface area (Å²) >= 11 is 0. The Morgan fingerprint density at radius 1 is 1.38 bits per heavy atom. The third-order valence-corrected chi connectivity index (χ3v) is 4.94. The summed E-state index contributed by atoms with van der Waals surface area (Å²) in [5.41, 5.74) is 0. The largest absolute Gasteiger partial charge is 0.354 e. The van der Waals surface area contributed by atoms with Crippen LogP contribution in [0.3, 0.4) is 0 Å². The van der Waals surface area contributed by atoms with E-state index in [-0.39, 0.29) is 11.9 Å². The number of carbonyl (C=O) groups excluding carboxylic acids is 1. The topological polar surface area (TPSA) is 50.2 Å². The molecule has 0 bridgehead atoms. The number of fused-ring (bicyclic) bond motifs is 1. The summed E-state index contributed by atoms with van der Waals surface area (Å²) in [7, 11) is 0. The molecule has 1 fully saturated rings. The van der Waals surface area contributed by atoms with Crippen molar-refractivity contribution in [3.05, 3.63) is 18.2 Å². The number of likely N-dealkylation sites (N-methyl/N-ethyl adjacent to an activating group) is 1. The molecule has 21 heavy (non-hydrogen) atoms. The van der Waals surface area contributed by atoms with Crippen LogP contribution in [-0.4, -0.2) is 46.0 Å². The maximum atomic E-state index is 12.4. The number of hydrogen-bond acceptors (Lipinski definition) is 3. The highest BCUT2D eigenvalue weighted by Crippen LogP contribution is 2.19. The number of likely N-dealkylation sites (tertiary alicyclic amines) is 1. The zero-order chi connectivity index (χ0) is 14.7. The lowest BCUT2D eigenvalue weighted by molar-refractivity contribution is -0.127. The van der Waals surface area contributed by atoms with E-state index in [0.29, 0.717) is 5.92 Å². The lowest BCUT2D eigenvalue weighted by atomic mass is 9.97. The number of amides is 1. The van der Waals surface area contributed by atoms with Crippen molar-refractivity contribution in [3.63, 3.8) is 0 Å². The molecule has 1 amide bonds. The number of hydrogen-bond donors (Lipinski definition) is 1. The molecule has 2 aliphatic heterocycles. The number of carbonyl (C=O) groups is 1. The molecule has 2 atom stereocenters. The molecule has 5 heteroatoms. The van der Waals surface area contributed by atoms with Crippen molar-refractivity contribution in [1.82, 2.24) is 19.8 Å². The zero-order valence-electron chi connectivity index (χ0n) is 12.9. The van der Waals surface area contributed by atoms with E-state index in [0.717, 1.165) is 51.3 Å². The van der Waals surface area contributed by atoms with Gasteiger partial charge in [0.15, 0.2) is 0 Å². The highest BCUT2D eigenvalue weighted by atomic mass is 16.2. The Labute approximate surface area is 126 Å². The Balaban J connectivity index is 1.50. The molecule has 0 aliphatic carbocycles. The van der Waals surface area contributed by atoms with Gasteiger partial charge in [0.1, 0.15) is 5.82 Å². The number of aryl methyl sites for hydroxylation is 1. The summed E-state index contributed by atoms with van der Waals surface area (Å²) in [5, 5.41) is 3.19. The van der Waals surface area contributed by atoms with Crippen molar-refractivity contribution in [2.24, 2.45) is 5.92 Å². The summed E-state index contributed by atoms with van der Waals surface area (Å²) < 4.78 is 2.22. The first-order chi connectivity index (χ1) is 10.3. The van der Waals surface area contributed by atoms with Crippen LogP contribution in [0.1, 0.15) is 38.4 Å². The SMILES string of the molecule is CCN1CCCCC1C(=O)NCC1CCn2ccnc2C1. The van der Waals surface area contributed by atoms with Gasteiger partial charge in [0, 0.05) is 31.9 Å². The standard InChI is InChI=1S/C16H26N4O/c1-2-19-8-4-3-5-14(19)16(21)18-12-13-6-9-20-10-7-17-15(20)11-13/h7,10,13-14H,2-6,8-9,11-12H2,1H3,(H,18,21). The van der Waals surface area contributed by atoms with Crippen LogP contribution < -0.4 is 5.32 Å².